The monoisotopic (exact) mass is 346 g/mol. The molecule has 1 amide bonds. The minimum Gasteiger partial charge on any atom is -0.341 e. The number of hydrogen-bond acceptors (Lipinski definition) is 4. The topological polar surface area (TPSA) is 33.2 Å². The van der Waals surface area contributed by atoms with Crippen molar-refractivity contribution in [3.8, 4) is 11.3 Å². The van der Waals surface area contributed by atoms with Gasteiger partial charge < -0.3 is 4.90 Å². The number of nitrogens with zero attached hydrogens (tertiary/aromatic N) is 2. The van der Waals surface area contributed by atoms with Crippen molar-refractivity contribution < 1.29 is 4.79 Å². The summed E-state index contributed by atoms with van der Waals surface area (Å²) in [6.07, 6.45) is 1.23. The van der Waals surface area contributed by atoms with E-state index < -0.39 is 0 Å². The third-order valence-corrected chi connectivity index (χ3v) is 6.10. The van der Waals surface area contributed by atoms with Gasteiger partial charge in [-0.15, -0.1) is 11.3 Å². The second-order valence-corrected chi connectivity index (χ2v) is 8.48. The van der Waals surface area contributed by atoms with E-state index in [9.17, 15) is 4.79 Å². The van der Waals surface area contributed by atoms with Gasteiger partial charge in [0.2, 0.25) is 5.91 Å². The van der Waals surface area contributed by atoms with Crippen LogP contribution in [-0.2, 0) is 4.79 Å². The Morgan fingerprint density at radius 1 is 1.26 bits per heavy atom. The highest BCUT2D eigenvalue weighted by molar-refractivity contribution is 8.01. The first-order valence-electron chi connectivity index (χ1n) is 8.03. The van der Waals surface area contributed by atoms with E-state index in [2.05, 4.69) is 36.3 Å². The minimum atomic E-state index is 0.241. The number of piperidine rings is 1. The molecule has 1 aliphatic heterocycles. The second kappa shape index (κ2) is 7.49. The van der Waals surface area contributed by atoms with Gasteiger partial charge in [-0.3, -0.25) is 4.79 Å². The maximum Gasteiger partial charge on any atom is 0.233 e. The first-order chi connectivity index (χ1) is 11.1. The molecule has 2 unspecified atom stereocenters. The van der Waals surface area contributed by atoms with Crippen molar-refractivity contribution in [3.05, 3.63) is 35.7 Å². The van der Waals surface area contributed by atoms with Crippen LogP contribution in [0.25, 0.3) is 11.3 Å². The van der Waals surface area contributed by atoms with E-state index in [1.54, 1.807) is 23.1 Å². The van der Waals surface area contributed by atoms with E-state index in [-0.39, 0.29) is 5.91 Å². The number of thioether (sulfide) groups is 1. The molecular formula is C18H22N2OS2. The summed E-state index contributed by atoms with van der Waals surface area (Å²) >= 11 is 3.17. The first kappa shape index (κ1) is 16.5. The van der Waals surface area contributed by atoms with Gasteiger partial charge in [0, 0.05) is 24.0 Å². The summed E-state index contributed by atoms with van der Waals surface area (Å²) in [5.41, 5.74) is 2.12. The fourth-order valence-corrected chi connectivity index (χ4v) is 4.88. The molecule has 0 aliphatic carbocycles. The average molecular weight is 347 g/mol. The van der Waals surface area contributed by atoms with Gasteiger partial charge in [-0.2, -0.15) is 0 Å². The highest BCUT2D eigenvalue weighted by Gasteiger charge is 2.25. The van der Waals surface area contributed by atoms with Crippen LogP contribution < -0.4 is 0 Å². The molecule has 0 bridgehead atoms. The van der Waals surface area contributed by atoms with Crippen LogP contribution >= 0.6 is 23.1 Å². The molecule has 2 atom stereocenters. The lowest BCUT2D eigenvalue weighted by atomic mass is 9.92. The van der Waals surface area contributed by atoms with Crippen LogP contribution in [0.3, 0.4) is 0 Å². The van der Waals surface area contributed by atoms with E-state index in [1.165, 1.54) is 6.42 Å². The summed E-state index contributed by atoms with van der Waals surface area (Å²) in [6, 6.07) is 10.2. The molecule has 3 rings (SSSR count). The van der Waals surface area contributed by atoms with Gasteiger partial charge >= 0.3 is 0 Å². The predicted molar refractivity (Wildman–Crippen MR) is 97.8 cm³/mol. The molecular weight excluding hydrogens is 324 g/mol. The van der Waals surface area contributed by atoms with Crippen molar-refractivity contribution in [2.45, 2.75) is 24.6 Å². The van der Waals surface area contributed by atoms with E-state index in [0.29, 0.717) is 17.6 Å². The molecule has 0 spiro atoms. The average Bonchev–Trinajstić information content (AvgIpc) is 3.01. The van der Waals surface area contributed by atoms with Gasteiger partial charge in [0.05, 0.1) is 11.4 Å². The number of aromatic nitrogens is 1. The zero-order valence-electron chi connectivity index (χ0n) is 13.6. The third-order valence-electron chi connectivity index (χ3n) is 4.09. The fourth-order valence-electron chi connectivity index (χ4n) is 3.15. The summed E-state index contributed by atoms with van der Waals surface area (Å²) in [4.78, 5) is 19.1. The second-order valence-electron chi connectivity index (χ2n) is 6.40. The Morgan fingerprint density at radius 3 is 2.65 bits per heavy atom. The molecule has 2 heterocycles. The normalized spacial score (nSPS) is 21.4. The van der Waals surface area contributed by atoms with Crippen molar-refractivity contribution in [3.63, 3.8) is 0 Å². The van der Waals surface area contributed by atoms with E-state index in [4.69, 9.17) is 0 Å². The summed E-state index contributed by atoms with van der Waals surface area (Å²) in [5.74, 6) is 1.95. The fraction of sp³-hybridized carbons (Fsp3) is 0.444. The molecule has 1 fully saturated rings. The van der Waals surface area contributed by atoms with Crippen molar-refractivity contribution in [1.29, 1.82) is 0 Å². The third kappa shape index (κ3) is 4.36. The number of likely N-dealkylation sites (tertiary alicyclic amines) is 1. The smallest absolute Gasteiger partial charge is 0.233 e. The highest BCUT2D eigenvalue weighted by Crippen LogP contribution is 2.29. The van der Waals surface area contributed by atoms with Gasteiger partial charge in [0.25, 0.3) is 0 Å². The van der Waals surface area contributed by atoms with Crippen molar-refractivity contribution >= 4 is 29.0 Å². The Labute approximate surface area is 146 Å². The Hall–Kier alpha value is -1.33. The molecule has 2 aromatic rings. The number of carbonyl (C=O) groups excluding carboxylic acids is 1. The maximum atomic E-state index is 12.4. The van der Waals surface area contributed by atoms with E-state index in [1.807, 2.05) is 23.1 Å². The van der Waals surface area contributed by atoms with E-state index in [0.717, 1.165) is 28.7 Å². The molecule has 0 saturated carbocycles. The summed E-state index contributed by atoms with van der Waals surface area (Å²) < 4.78 is 0.968. The molecule has 5 heteroatoms. The van der Waals surface area contributed by atoms with Crippen LogP contribution in [0, 0.1) is 11.8 Å². The lowest BCUT2D eigenvalue weighted by Crippen LogP contribution is -2.43. The van der Waals surface area contributed by atoms with Crippen molar-refractivity contribution in [1.82, 2.24) is 9.88 Å². The zero-order chi connectivity index (χ0) is 16.2. The summed E-state index contributed by atoms with van der Waals surface area (Å²) in [6.45, 7) is 6.26. The quantitative estimate of drug-likeness (QED) is 0.769. The number of thiazole rings is 1. The molecule has 1 aromatic heterocycles. The van der Waals surface area contributed by atoms with Gasteiger partial charge in [-0.25, -0.2) is 4.98 Å². The van der Waals surface area contributed by atoms with Gasteiger partial charge in [-0.1, -0.05) is 55.9 Å². The number of hydrogen-bond donors (Lipinski definition) is 0. The first-order valence-corrected chi connectivity index (χ1v) is 9.90. The highest BCUT2D eigenvalue weighted by atomic mass is 32.2. The summed E-state index contributed by atoms with van der Waals surface area (Å²) in [5, 5.41) is 2.06. The van der Waals surface area contributed by atoms with E-state index >= 15 is 0 Å². The Morgan fingerprint density at radius 2 is 1.96 bits per heavy atom. The van der Waals surface area contributed by atoms with Gasteiger partial charge in [0.15, 0.2) is 4.34 Å². The van der Waals surface area contributed by atoms with Crippen molar-refractivity contribution in [2.24, 2.45) is 11.8 Å². The van der Waals surface area contributed by atoms with Crippen LogP contribution in [0.5, 0.6) is 0 Å². The van der Waals surface area contributed by atoms with Crippen LogP contribution in [0.15, 0.2) is 40.1 Å². The number of carbonyl (C=O) groups is 1. The van der Waals surface area contributed by atoms with Crippen LogP contribution in [0.2, 0.25) is 0 Å². The van der Waals surface area contributed by atoms with Gasteiger partial charge in [0.1, 0.15) is 0 Å². The van der Waals surface area contributed by atoms with Gasteiger partial charge in [-0.05, 0) is 18.3 Å². The molecule has 3 nitrogen and oxygen atoms in total. The Balaban J connectivity index is 1.56. The molecule has 1 saturated heterocycles. The molecule has 122 valence electrons. The SMILES string of the molecule is CC1CC(C)CN(C(=O)CSc2nc(-c3ccccc3)cs2)C1. The standard InChI is InChI=1S/C18H22N2OS2/c1-13-8-14(2)10-20(9-13)17(21)12-23-18-19-16(11-22-18)15-6-4-3-5-7-15/h3-7,11,13-14H,8-10,12H2,1-2H3. The maximum absolute atomic E-state index is 12.4. The number of benzene rings is 1. The Kier molecular flexibility index (Phi) is 5.38. The molecule has 23 heavy (non-hydrogen) atoms. The molecule has 0 radical (unpaired) electrons. The lowest BCUT2D eigenvalue weighted by molar-refractivity contribution is -0.130. The Bertz CT molecular complexity index is 646. The minimum absolute atomic E-state index is 0.241. The lowest BCUT2D eigenvalue weighted by Gasteiger charge is -2.34. The summed E-state index contributed by atoms with van der Waals surface area (Å²) in [7, 11) is 0. The van der Waals surface area contributed by atoms with Crippen LogP contribution in [0.4, 0.5) is 0 Å². The molecule has 0 N–H and O–H groups in total. The predicted octanol–water partition coefficient (Wildman–Crippen LogP) is 4.41. The number of rotatable bonds is 4. The molecule has 1 aromatic carbocycles. The molecule has 1 aliphatic rings. The number of amides is 1. The zero-order valence-corrected chi connectivity index (χ0v) is 15.2. The van der Waals surface area contributed by atoms with Crippen molar-refractivity contribution in [2.75, 3.05) is 18.8 Å². The van der Waals surface area contributed by atoms with Crippen LogP contribution in [0.1, 0.15) is 20.3 Å². The largest absolute Gasteiger partial charge is 0.341 e. The van der Waals surface area contributed by atoms with Crippen LogP contribution in [-0.4, -0.2) is 34.6 Å².